The highest BCUT2D eigenvalue weighted by Gasteiger charge is 2.23. The van der Waals surface area contributed by atoms with Gasteiger partial charge in [-0.1, -0.05) is 6.08 Å². The highest BCUT2D eigenvalue weighted by molar-refractivity contribution is 8.00. The van der Waals surface area contributed by atoms with E-state index >= 15 is 0 Å². The maximum Gasteiger partial charge on any atom is 0.0697 e. The minimum absolute atomic E-state index is 0.151. The molecular weight excluding hydrogens is 160 g/mol. The average molecular weight is 174 g/mol. The van der Waals surface area contributed by atoms with Crippen molar-refractivity contribution in [2.24, 2.45) is 0 Å². The standard InChI is InChI=1S/C8H14O2S/c1-3-5-10-8-4-6-11(2,9)7-8/h3,8H,1-2,4-7H2. The van der Waals surface area contributed by atoms with Crippen molar-refractivity contribution in [3.8, 4) is 0 Å². The van der Waals surface area contributed by atoms with E-state index < -0.39 is 9.52 Å². The molecule has 3 heteroatoms. The van der Waals surface area contributed by atoms with Gasteiger partial charge in [-0.05, 0) is 21.8 Å². The third-order valence-electron chi connectivity index (χ3n) is 1.75. The Labute approximate surface area is 68.3 Å². The van der Waals surface area contributed by atoms with E-state index in [-0.39, 0.29) is 6.10 Å². The van der Waals surface area contributed by atoms with Gasteiger partial charge in [0.15, 0.2) is 0 Å². The molecule has 2 unspecified atom stereocenters. The molecule has 11 heavy (non-hydrogen) atoms. The van der Waals surface area contributed by atoms with Gasteiger partial charge in [-0.2, -0.15) is 0 Å². The summed E-state index contributed by atoms with van der Waals surface area (Å²) in [7, 11) is -1.79. The second-order valence-corrected chi connectivity index (χ2v) is 5.54. The van der Waals surface area contributed by atoms with Gasteiger partial charge < -0.3 is 4.74 Å². The van der Waals surface area contributed by atoms with Crippen LogP contribution in [-0.2, 0) is 14.3 Å². The van der Waals surface area contributed by atoms with Crippen LogP contribution in [0, 0.1) is 0 Å². The highest BCUT2D eigenvalue weighted by atomic mass is 32.2. The van der Waals surface area contributed by atoms with Gasteiger partial charge in [-0.25, -0.2) is 0 Å². The quantitative estimate of drug-likeness (QED) is 0.464. The maximum atomic E-state index is 11.3. The summed E-state index contributed by atoms with van der Waals surface area (Å²) < 4.78 is 16.7. The molecule has 0 aromatic carbocycles. The van der Waals surface area contributed by atoms with E-state index in [2.05, 4.69) is 12.4 Å². The summed E-state index contributed by atoms with van der Waals surface area (Å²) >= 11 is 0. The van der Waals surface area contributed by atoms with E-state index in [0.29, 0.717) is 12.4 Å². The zero-order valence-electron chi connectivity index (χ0n) is 6.62. The summed E-state index contributed by atoms with van der Waals surface area (Å²) in [6.45, 7) is 4.10. The van der Waals surface area contributed by atoms with Gasteiger partial charge in [0, 0.05) is 11.5 Å². The minimum atomic E-state index is -1.79. The molecular formula is C8H14O2S. The lowest BCUT2D eigenvalue weighted by molar-refractivity contribution is 0.0940. The first-order chi connectivity index (χ1) is 5.14. The average Bonchev–Trinajstić information content (AvgIpc) is 2.26. The molecule has 0 N–H and O–H groups in total. The third-order valence-corrected chi connectivity index (χ3v) is 3.71. The van der Waals surface area contributed by atoms with Crippen LogP contribution in [-0.4, -0.2) is 34.3 Å². The molecule has 0 radical (unpaired) electrons. The summed E-state index contributed by atoms with van der Waals surface area (Å²) in [5, 5.41) is 0. The molecule has 2 nitrogen and oxygen atoms in total. The van der Waals surface area contributed by atoms with Crippen molar-refractivity contribution in [3.05, 3.63) is 12.7 Å². The van der Waals surface area contributed by atoms with Crippen molar-refractivity contribution in [2.75, 3.05) is 18.1 Å². The SMILES string of the molecule is C=CCOC1CCS(=C)(=O)C1. The van der Waals surface area contributed by atoms with E-state index in [9.17, 15) is 4.21 Å². The van der Waals surface area contributed by atoms with E-state index in [1.54, 1.807) is 6.08 Å². The lowest BCUT2D eigenvalue weighted by atomic mass is 10.3. The Balaban J connectivity index is 2.36. The van der Waals surface area contributed by atoms with Gasteiger partial charge in [0.1, 0.15) is 0 Å². The molecule has 1 heterocycles. The summed E-state index contributed by atoms with van der Waals surface area (Å²) in [4.78, 5) is 0. The van der Waals surface area contributed by atoms with Gasteiger partial charge in [-0.15, -0.1) is 6.58 Å². The molecule has 0 aromatic rings. The Hall–Kier alpha value is -0.280. The van der Waals surface area contributed by atoms with Crippen LogP contribution in [0.15, 0.2) is 12.7 Å². The lowest BCUT2D eigenvalue weighted by Crippen LogP contribution is -2.14. The lowest BCUT2D eigenvalue weighted by Gasteiger charge is -2.06. The first-order valence-corrected chi connectivity index (χ1v) is 5.76. The van der Waals surface area contributed by atoms with E-state index in [0.717, 1.165) is 12.2 Å². The van der Waals surface area contributed by atoms with Crippen LogP contribution in [0.25, 0.3) is 0 Å². The predicted octanol–water partition coefficient (Wildman–Crippen LogP) is 0.678. The Morgan fingerprint density at radius 2 is 2.45 bits per heavy atom. The fraction of sp³-hybridized carbons (Fsp3) is 0.625. The topological polar surface area (TPSA) is 26.3 Å². The van der Waals surface area contributed by atoms with Gasteiger partial charge in [0.2, 0.25) is 0 Å². The van der Waals surface area contributed by atoms with Gasteiger partial charge >= 0.3 is 0 Å². The summed E-state index contributed by atoms with van der Waals surface area (Å²) in [5.74, 6) is 4.99. The van der Waals surface area contributed by atoms with Crippen molar-refractivity contribution >= 4 is 15.4 Å². The van der Waals surface area contributed by atoms with E-state index in [1.165, 1.54) is 0 Å². The molecule has 1 aliphatic heterocycles. The largest absolute Gasteiger partial charge is 0.373 e. The van der Waals surface area contributed by atoms with Crippen molar-refractivity contribution in [1.29, 1.82) is 0 Å². The predicted molar refractivity (Wildman–Crippen MR) is 49.6 cm³/mol. The fourth-order valence-electron chi connectivity index (χ4n) is 1.19. The number of hydrogen-bond acceptors (Lipinski definition) is 2. The Kier molecular flexibility index (Phi) is 2.73. The van der Waals surface area contributed by atoms with Crippen LogP contribution in [0.3, 0.4) is 0 Å². The van der Waals surface area contributed by atoms with Gasteiger partial charge in [-0.3, -0.25) is 4.21 Å². The fourth-order valence-corrected chi connectivity index (χ4v) is 2.99. The molecule has 1 saturated heterocycles. The van der Waals surface area contributed by atoms with Gasteiger partial charge in [0.05, 0.1) is 12.7 Å². The summed E-state index contributed by atoms with van der Waals surface area (Å²) in [5.41, 5.74) is 0. The summed E-state index contributed by atoms with van der Waals surface area (Å²) in [6, 6.07) is 0. The monoisotopic (exact) mass is 174 g/mol. The van der Waals surface area contributed by atoms with Crippen LogP contribution >= 0.6 is 0 Å². The van der Waals surface area contributed by atoms with Crippen molar-refractivity contribution in [2.45, 2.75) is 12.5 Å². The van der Waals surface area contributed by atoms with E-state index in [1.807, 2.05) is 0 Å². The number of ether oxygens (including phenoxy) is 1. The Morgan fingerprint density at radius 3 is 2.91 bits per heavy atom. The molecule has 0 spiro atoms. The molecule has 0 saturated carbocycles. The molecule has 1 rings (SSSR count). The molecule has 0 aromatic heterocycles. The first kappa shape index (κ1) is 8.81. The second kappa shape index (κ2) is 3.41. The van der Waals surface area contributed by atoms with Crippen LogP contribution in [0.1, 0.15) is 6.42 Å². The van der Waals surface area contributed by atoms with E-state index in [4.69, 9.17) is 4.74 Å². The smallest absolute Gasteiger partial charge is 0.0697 e. The third kappa shape index (κ3) is 2.67. The van der Waals surface area contributed by atoms with Crippen LogP contribution in [0.2, 0.25) is 0 Å². The molecule has 1 aliphatic rings. The minimum Gasteiger partial charge on any atom is -0.373 e. The van der Waals surface area contributed by atoms with Gasteiger partial charge in [0.25, 0.3) is 0 Å². The second-order valence-electron chi connectivity index (χ2n) is 2.87. The van der Waals surface area contributed by atoms with Crippen molar-refractivity contribution in [3.63, 3.8) is 0 Å². The van der Waals surface area contributed by atoms with Crippen LogP contribution < -0.4 is 0 Å². The zero-order valence-corrected chi connectivity index (χ0v) is 7.44. The molecule has 2 atom stereocenters. The Bertz CT molecular complexity index is 228. The number of rotatable bonds is 3. The normalized spacial score (nSPS) is 37.3. The Morgan fingerprint density at radius 1 is 1.73 bits per heavy atom. The molecule has 0 aliphatic carbocycles. The highest BCUT2D eigenvalue weighted by Crippen LogP contribution is 2.14. The zero-order chi connectivity index (χ0) is 8.32. The molecule has 1 fully saturated rings. The molecule has 0 bridgehead atoms. The maximum absolute atomic E-state index is 11.3. The molecule has 64 valence electrons. The first-order valence-electron chi connectivity index (χ1n) is 3.69. The van der Waals surface area contributed by atoms with Crippen LogP contribution in [0.4, 0.5) is 0 Å². The number of hydrogen-bond donors (Lipinski definition) is 0. The molecule has 0 amide bonds. The van der Waals surface area contributed by atoms with Crippen molar-refractivity contribution < 1.29 is 8.95 Å². The van der Waals surface area contributed by atoms with Crippen LogP contribution in [0.5, 0.6) is 0 Å². The summed E-state index contributed by atoms with van der Waals surface area (Å²) in [6.07, 6.45) is 2.75. The van der Waals surface area contributed by atoms with Crippen molar-refractivity contribution in [1.82, 2.24) is 0 Å².